The second-order valence-corrected chi connectivity index (χ2v) is 6.86. The van der Waals surface area contributed by atoms with E-state index in [4.69, 9.17) is 4.74 Å². The number of benzene rings is 2. The van der Waals surface area contributed by atoms with Crippen molar-refractivity contribution in [1.29, 1.82) is 5.26 Å². The van der Waals surface area contributed by atoms with Crippen molar-refractivity contribution in [1.82, 2.24) is 4.98 Å². The number of nitro groups is 1. The summed E-state index contributed by atoms with van der Waals surface area (Å²) in [5.41, 5.74) is 2.60. The molecule has 1 atom stereocenters. The lowest BCUT2D eigenvalue weighted by Gasteiger charge is -2.12. The summed E-state index contributed by atoms with van der Waals surface area (Å²) in [6.45, 7) is 3.77. The molecule has 0 aliphatic carbocycles. The number of amides is 1. The number of aryl methyl sites for hydroxylation is 1. The van der Waals surface area contributed by atoms with Gasteiger partial charge in [0.15, 0.2) is 11.9 Å². The van der Waals surface area contributed by atoms with Gasteiger partial charge in [0.25, 0.3) is 5.91 Å². The Bertz CT molecular complexity index is 1150. The molecular formula is C23H20N4O4. The van der Waals surface area contributed by atoms with Gasteiger partial charge in [0.2, 0.25) is 0 Å². The molecule has 1 unspecified atom stereocenters. The van der Waals surface area contributed by atoms with E-state index < -0.39 is 4.92 Å². The Morgan fingerprint density at radius 3 is 2.71 bits per heavy atom. The average molecular weight is 416 g/mol. The zero-order chi connectivity index (χ0) is 22.4. The molecule has 0 aliphatic heterocycles. The summed E-state index contributed by atoms with van der Waals surface area (Å²) in [6.07, 6.45) is 1.94. The van der Waals surface area contributed by atoms with Gasteiger partial charge in [-0.05, 0) is 58.6 Å². The zero-order valence-corrected chi connectivity index (χ0v) is 17.0. The summed E-state index contributed by atoms with van der Waals surface area (Å²) >= 11 is 0. The first-order chi connectivity index (χ1) is 14.9. The summed E-state index contributed by atoms with van der Waals surface area (Å²) < 4.78 is 5.78. The summed E-state index contributed by atoms with van der Waals surface area (Å²) in [5.74, 6) is -0.0115. The van der Waals surface area contributed by atoms with Crippen molar-refractivity contribution in [3.05, 3.63) is 87.6 Å². The van der Waals surface area contributed by atoms with Crippen molar-refractivity contribution in [3.8, 4) is 17.6 Å². The molecule has 0 spiro atoms. The van der Waals surface area contributed by atoms with Crippen LogP contribution in [-0.2, 0) is 0 Å². The maximum atomic E-state index is 12.7. The third-order valence-corrected chi connectivity index (χ3v) is 4.70. The van der Waals surface area contributed by atoms with Gasteiger partial charge in [-0.25, -0.2) is 0 Å². The van der Waals surface area contributed by atoms with Crippen LogP contribution >= 0.6 is 0 Å². The number of carbonyl (C=O) groups is 1. The van der Waals surface area contributed by atoms with Crippen LogP contribution in [0.4, 0.5) is 11.5 Å². The first kappa shape index (κ1) is 21.5. The molecule has 156 valence electrons. The number of pyridine rings is 1. The van der Waals surface area contributed by atoms with Crippen LogP contribution in [0.25, 0.3) is 0 Å². The predicted octanol–water partition coefficient (Wildman–Crippen LogP) is 5.36. The van der Waals surface area contributed by atoms with E-state index >= 15 is 0 Å². The Hall–Kier alpha value is -4.25. The van der Waals surface area contributed by atoms with Crippen molar-refractivity contribution in [2.45, 2.75) is 26.2 Å². The highest BCUT2D eigenvalue weighted by Gasteiger charge is 2.13. The molecule has 1 aromatic heterocycles. The number of anilines is 1. The predicted molar refractivity (Wildman–Crippen MR) is 115 cm³/mol. The van der Waals surface area contributed by atoms with Gasteiger partial charge in [-0.1, -0.05) is 25.1 Å². The number of rotatable bonds is 7. The van der Waals surface area contributed by atoms with Crippen molar-refractivity contribution >= 4 is 17.4 Å². The van der Waals surface area contributed by atoms with E-state index in [2.05, 4.69) is 16.4 Å². The van der Waals surface area contributed by atoms with Crippen molar-refractivity contribution < 1.29 is 14.5 Å². The zero-order valence-electron chi connectivity index (χ0n) is 17.0. The lowest BCUT2D eigenvalue weighted by atomic mass is 9.96. The van der Waals surface area contributed by atoms with Crippen LogP contribution in [-0.4, -0.2) is 15.8 Å². The molecule has 2 aromatic carbocycles. The number of carbonyl (C=O) groups excluding carboxylic acids is 1. The molecule has 0 aliphatic rings. The largest absolute Gasteiger partial charge is 0.453 e. The molecule has 3 rings (SSSR count). The lowest BCUT2D eigenvalue weighted by molar-refractivity contribution is -0.389. The van der Waals surface area contributed by atoms with E-state index in [-0.39, 0.29) is 17.6 Å². The highest BCUT2D eigenvalue weighted by molar-refractivity contribution is 6.04. The van der Waals surface area contributed by atoms with Crippen LogP contribution in [0.5, 0.6) is 11.5 Å². The molecule has 0 radical (unpaired) electrons. The van der Waals surface area contributed by atoms with E-state index in [1.165, 1.54) is 18.3 Å². The summed E-state index contributed by atoms with van der Waals surface area (Å²) in [6, 6.07) is 17.2. The Kier molecular flexibility index (Phi) is 6.58. The van der Waals surface area contributed by atoms with Crippen LogP contribution in [0.1, 0.15) is 40.7 Å². The van der Waals surface area contributed by atoms with Crippen LogP contribution in [0.15, 0.2) is 60.8 Å². The molecule has 0 saturated heterocycles. The van der Waals surface area contributed by atoms with Gasteiger partial charge < -0.3 is 20.2 Å². The molecule has 8 nitrogen and oxygen atoms in total. The molecule has 31 heavy (non-hydrogen) atoms. The van der Waals surface area contributed by atoms with Gasteiger partial charge in [-0.15, -0.1) is 0 Å². The minimum atomic E-state index is -0.584. The second kappa shape index (κ2) is 9.50. The fourth-order valence-corrected chi connectivity index (χ4v) is 2.96. The molecule has 0 fully saturated rings. The van der Waals surface area contributed by atoms with Gasteiger partial charge in [0.05, 0.1) is 12.0 Å². The molecule has 0 bridgehead atoms. The van der Waals surface area contributed by atoms with Gasteiger partial charge >= 0.3 is 5.82 Å². The van der Waals surface area contributed by atoms with Gasteiger partial charge in [-0.2, -0.15) is 5.26 Å². The number of nitriles is 1. The van der Waals surface area contributed by atoms with Crippen molar-refractivity contribution in [2.24, 2.45) is 0 Å². The molecule has 8 heteroatoms. The first-order valence-electron chi connectivity index (χ1n) is 9.61. The van der Waals surface area contributed by atoms with Crippen LogP contribution in [0.2, 0.25) is 0 Å². The van der Waals surface area contributed by atoms with Gasteiger partial charge in [-0.3, -0.25) is 4.79 Å². The summed E-state index contributed by atoms with van der Waals surface area (Å²) in [5, 5.41) is 22.8. The van der Waals surface area contributed by atoms with E-state index in [9.17, 15) is 20.2 Å². The molecule has 0 saturated carbocycles. The monoisotopic (exact) mass is 416 g/mol. The van der Waals surface area contributed by atoms with Crippen molar-refractivity contribution in [3.63, 3.8) is 0 Å². The Morgan fingerprint density at radius 1 is 1.26 bits per heavy atom. The van der Waals surface area contributed by atoms with Crippen molar-refractivity contribution in [2.75, 3.05) is 5.32 Å². The summed E-state index contributed by atoms with van der Waals surface area (Å²) in [7, 11) is 0. The molecule has 1 heterocycles. The molecular weight excluding hydrogens is 396 g/mol. The Labute approximate surface area is 179 Å². The third-order valence-electron chi connectivity index (χ3n) is 4.70. The number of nitrogens with one attached hydrogen (secondary N) is 1. The van der Waals surface area contributed by atoms with Crippen LogP contribution < -0.4 is 10.1 Å². The highest BCUT2D eigenvalue weighted by atomic mass is 16.6. The van der Waals surface area contributed by atoms with E-state index in [1.807, 2.05) is 19.9 Å². The smallest absolute Gasteiger partial charge is 0.363 e. The van der Waals surface area contributed by atoms with E-state index in [0.29, 0.717) is 29.2 Å². The normalized spacial score (nSPS) is 11.3. The van der Waals surface area contributed by atoms with Crippen LogP contribution in [0.3, 0.4) is 0 Å². The average Bonchev–Trinajstić information content (AvgIpc) is 2.77. The molecule has 3 aromatic rings. The number of nitrogens with zero attached hydrogens (tertiary/aromatic N) is 3. The molecule has 1 amide bonds. The SMILES string of the molecule is CCC(C#N)c1cccc(C(=O)Nc2ccc(C)c(Oc3ccc([N+](=O)[O-])nc3)c2)c1. The highest BCUT2D eigenvalue weighted by Crippen LogP contribution is 2.29. The van der Waals surface area contributed by atoms with Crippen LogP contribution in [0, 0.1) is 28.4 Å². The number of aromatic nitrogens is 1. The Morgan fingerprint density at radius 2 is 2.06 bits per heavy atom. The topological polar surface area (TPSA) is 118 Å². The Balaban J connectivity index is 1.77. The van der Waals surface area contributed by atoms with Gasteiger partial charge in [0, 0.05) is 23.4 Å². The fraction of sp³-hybridized carbons (Fsp3) is 0.174. The molecule has 1 N–H and O–H groups in total. The lowest BCUT2D eigenvalue weighted by Crippen LogP contribution is -2.12. The summed E-state index contributed by atoms with van der Waals surface area (Å²) in [4.78, 5) is 26.6. The quantitative estimate of drug-likeness (QED) is 0.409. The third kappa shape index (κ3) is 5.22. The minimum absolute atomic E-state index is 0.262. The maximum absolute atomic E-state index is 12.7. The van der Waals surface area contributed by atoms with Gasteiger partial charge in [0.1, 0.15) is 5.75 Å². The second-order valence-electron chi connectivity index (χ2n) is 6.86. The first-order valence-corrected chi connectivity index (χ1v) is 9.61. The number of ether oxygens (including phenoxy) is 1. The maximum Gasteiger partial charge on any atom is 0.363 e. The van der Waals surface area contributed by atoms with E-state index in [1.54, 1.807) is 36.4 Å². The fourth-order valence-electron chi connectivity index (χ4n) is 2.96. The van der Waals surface area contributed by atoms with E-state index in [0.717, 1.165) is 11.1 Å². The number of hydrogen-bond donors (Lipinski definition) is 1. The minimum Gasteiger partial charge on any atom is -0.453 e. The number of hydrogen-bond acceptors (Lipinski definition) is 6. The standard InChI is InChI=1S/C23H20N4O4/c1-3-16(13-24)17-5-4-6-18(11-17)23(28)26-19-8-7-15(2)21(12-19)31-20-9-10-22(25-14-20)27(29)30/h4-12,14,16H,3H2,1-2H3,(H,26,28).